The Labute approximate surface area is 219 Å². The summed E-state index contributed by atoms with van der Waals surface area (Å²) >= 11 is 5.76. The molecule has 0 aliphatic rings. The fraction of sp³-hybridized carbons (Fsp3) is 0.167. The molecule has 2 aromatic carbocycles. The molecule has 2 aromatic heterocycles. The second-order valence-electron chi connectivity index (χ2n) is 7.82. The van der Waals surface area contributed by atoms with Crippen molar-refractivity contribution in [2.75, 3.05) is 13.3 Å². The second-order valence-corrected chi connectivity index (χ2v) is 8.22. The molecule has 0 saturated heterocycles. The first-order chi connectivity index (χ1) is 18.5. The van der Waals surface area contributed by atoms with Gasteiger partial charge in [0.1, 0.15) is 12.5 Å². The molecule has 0 fully saturated rings. The van der Waals surface area contributed by atoms with Gasteiger partial charge >= 0.3 is 12.3 Å². The predicted molar refractivity (Wildman–Crippen MR) is 127 cm³/mol. The van der Waals surface area contributed by atoms with E-state index in [0.29, 0.717) is 12.1 Å². The first kappa shape index (κ1) is 27.6. The minimum Gasteiger partial charge on any atom is -0.395 e. The lowest BCUT2D eigenvalue weighted by atomic mass is 10.2. The smallest absolute Gasteiger partial charge is 0.395 e. The summed E-state index contributed by atoms with van der Waals surface area (Å²) in [6, 6.07) is 3.11. The average Bonchev–Trinajstić information content (AvgIpc) is 2.87. The molecular formula is C24H15ClF4N2O8. The third-order valence-electron chi connectivity index (χ3n) is 5.40. The standard InChI is InChI=1S/C24H15ClF4N2O8/c25-13-7-17-11(5-14(13)27)21(33)20(10-31(17)3-4-32)38-24(36)39-23(35)37-19-9-30(2-1-26)18-8-16(29)15(28)6-12(18)22(19)34/h5-10,32H,1-4H2. The van der Waals surface area contributed by atoms with Gasteiger partial charge in [0.05, 0.1) is 52.4 Å². The van der Waals surface area contributed by atoms with Gasteiger partial charge in [0.15, 0.2) is 23.1 Å². The summed E-state index contributed by atoms with van der Waals surface area (Å²) in [5, 5.41) is 8.25. The van der Waals surface area contributed by atoms with Gasteiger partial charge in [0, 0.05) is 12.6 Å². The number of ether oxygens (including phenoxy) is 3. The van der Waals surface area contributed by atoms with E-state index < -0.39 is 77.3 Å². The maximum Gasteiger partial charge on any atom is 0.524 e. The summed E-state index contributed by atoms with van der Waals surface area (Å²) in [6.07, 6.45) is -1.81. The lowest BCUT2D eigenvalue weighted by molar-refractivity contribution is 0.0889. The maximum atomic E-state index is 14.0. The molecule has 1 N–H and O–H groups in total. The molecule has 0 unspecified atom stereocenters. The van der Waals surface area contributed by atoms with E-state index in [1.165, 1.54) is 4.57 Å². The van der Waals surface area contributed by atoms with Crippen LogP contribution in [0, 0.1) is 17.5 Å². The number of benzene rings is 2. The van der Waals surface area contributed by atoms with E-state index in [4.69, 9.17) is 21.1 Å². The number of carbonyl (C=O) groups excluding carboxylic acids is 2. The van der Waals surface area contributed by atoms with E-state index in [1.807, 2.05) is 0 Å². The molecule has 0 bridgehead atoms. The van der Waals surface area contributed by atoms with Gasteiger partial charge < -0.3 is 28.5 Å². The molecule has 15 heteroatoms. The van der Waals surface area contributed by atoms with E-state index in [9.17, 15) is 41.8 Å². The minimum absolute atomic E-state index is 0.109. The van der Waals surface area contributed by atoms with Crippen molar-refractivity contribution in [2.45, 2.75) is 13.1 Å². The molecule has 0 aliphatic carbocycles. The minimum atomic E-state index is -1.82. The fourth-order valence-corrected chi connectivity index (χ4v) is 3.88. The molecule has 2 heterocycles. The Hall–Kier alpha value is -4.43. The quantitative estimate of drug-likeness (QED) is 0.209. The van der Waals surface area contributed by atoms with Crippen LogP contribution in [-0.2, 0) is 17.8 Å². The number of rotatable bonds is 6. The van der Waals surface area contributed by atoms with Crippen LogP contribution >= 0.6 is 11.6 Å². The van der Waals surface area contributed by atoms with Gasteiger partial charge in [0.2, 0.25) is 10.9 Å². The molecule has 0 aliphatic heterocycles. The summed E-state index contributed by atoms with van der Waals surface area (Å²) < 4.78 is 70.3. The Bertz CT molecular complexity index is 1630. The number of nitrogens with zero attached hydrogens (tertiary/aromatic N) is 2. The Morgan fingerprint density at radius 2 is 1.28 bits per heavy atom. The van der Waals surface area contributed by atoms with E-state index in [1.54, 1.807) is 0 Å². The van der Waals surface area contributed by atoms with Gasteiger partial charge in [0.25, 0.3) is 0 Å². The predicted octanol–water partition coefficient (Wildman–Crippen LogP) is 4.06. The van der Waals surface area contributed by atoms with Crippen LogP contribution in [0.5, 0.6) is 11.5 Å². The molecule has 0 atom stereocenters. The summed E-state index contributed by atoms with van der Waals surface area (Å²) in [7, 11) is 0. The lowest BCUT2D eigenvalue weighted by Gasteiger charge is -2.13. The van der Waals surface area contributed by atoms with E-state index in [0.717, 1.165) is 29.1 Å². The number of aliphatic hydroxyl groups excluding tert-OH is 1. The number of alkyl halides is 1. The van der Waals surface area contributed by atoms with Gasteiger partial charge in [-0.05, 0) is 18.2 Å². The first-order valence-electron chi connectivity index (χ1n) is 10.9. The number of pyridine rings is 2. The van der Waals surface area contributed by atoms with Gasteiger partial charge in [-0.2, -0.15) is 0 Å². The van der Waals surface area contributed by atoms with Gasteiger partial charge in [-0.3, -0.25) is 9.59 Å². The van der Waals surface area contributed by atoms with Crippen LogP contribution in [0.2, 0.25) is 5.02 Å². The number of halogens is 5. The Balaban J connectivity index is 1.60. The van der Waals surface area contributed by atoms with Crippen molar-refractivity contribution in [2.24, 2.45) is 0 Å². The zero-order valence-electron chi connectivity index (χ0n) is 19.4. The molecule has 4 rings (SSSR count). The van der Waals surface area contributed by atoms with E-state index in [2.05, 4.69) is 4.74 Å². The van der Waals surface area contributed by atoms with Crippen LogP contribution in [0.4, 0.5) is 27.2 Å². The van der Waals surface area contributed by atoms with Crippen LogP contribution < -0.4 is 20.3 Å². The molecule has 39 heavy (non-hydrogen) atoms. The molecule has 0 amide bonds. The van der Waals surface area contributed by atoms with Crippen molar-refractivity contribution in [3.05, 3.63) is 79.6 Å². The molecule has 4 aromatic rings. The molecule has 0 saturated carbocycles. The topological polar surface area (TPSA) is 126 Å². The molecule has 0 spiro atoms. The number of hydrogen-bond donors (Lipinski definition) is 1. The highest BCUT2D eigenvalue weighted by molar-refractivity contribution is 6.31. The van der Waals surface area contributed by atoms with Crippen molar-refractivity contribution in [1.29, 1.82) is 0 Å². The molecule has 10 nitrogen and oxygen atoms in total. The first-order valence-corrected chi connectivity index (χ1v) is 11.2. The monoisotopic (exact) mass is 570 g/mol. The highest BCUT2D eigenvalue weighted by atomic mass is 35.5. The Morgan fingerprint density at radius 1 is 0.795 bits per heavy atom. The second kappa shape index (κ2) is 11.1. The van der Waals surface area contributed by atoms with Crippen LogP contribution in [0.3, 0.4) is 0 Å². The fourth-order valence-electron chi connectivity index (χ4n) is 3.72. The van der Waals surface area contributed by atoms with Crippen LogP contribution in [-0.4, -0.2) is 39.8 Å². The summed E-state index contributed by atoms with van der Waals surface area (Å²) in [6.45, 7) is -1.96. The largest absolute Gasteiger partial charge is 0.524 e. The Kier molecular flexibility index (Phi) is 7.88. The van der Waals surface area contributed by atoms with Crippen LogP contribution in [0.1, 0.15) is 0 Å². The number of aliphatic hydroxyl groups is 1. The van der Waals surface area contributed by atoms with E-state index in [-0.39, 0.29) is 28.0 Å². The van der Waals surface area contributed by atoms with Gasteiger partial charge in [-0.15, -0.1) is 0 Å². The van der Waals surface area contributed by atoms with Crippen molar-refractivity contribution in [3.8, 4) is 11.5 Å². The highest BCUT2D eigenvalue weighted by Crippen LogP contribution is 2.24. The van der Waals surface area contributed by atoms with Crippen molar-refractivity contribution < 1.29 is 46.5 Å². The molecule has 0 radical (unpaired) electrons. The number of aryl methyl sites for hydroxylation is 1. The number of fused-ring (bicyclic) bond motifs is 2. The summed E-state index contributed by atoms with van der Waals surface area (Å²) in [5.41, 5.74) is -2.17. The summed E-state index contributed by atoms with van der Waals surface area (Å²) in [5.74, 6) is -5.18. The zero-order valence-corrected chi connectivity index (χ0v) is 20.1. The van der Waals surface area contributed by atoms with Crippen LogP contribution in [0.15, 0.2) is 46.2 Å². The number of aromatic nitrogens is 2. The average molecular weight is 571 g/mol. The van der Waals surface area contributed by atoms with Crippen molar-refractivity contribution in [1.82, 2.24) is 9.13 Å². The molecular weight excluding hydrogens is 556 g/mol. The number of carbonyl (C=O) groups is 2. The van der Waals surface area contributed by atoms with Crippen LogP contribution in [0.25, 0.3) is 21.8 Å². The van der Waals surface area contributed by atoms with E-state index >= 15 is 0 Å². The van der Waals surface area contributed by atoms with Gasteiger partial charge in [-0.1, -0.05) is 11.6 Å². The summed E-state index contributed by atoms with van der Waals surface area (Å²) in [4.78, 5) is 49.7. The normalized spacial score (nSPS) is 11.1. The Morgan fingerprint density at radius 3 is 1.82 bits per heavy atom. The number of hydrogen-bond acceptors (Lipinski definition) is 8. The zero-order chi connectivity index (χ0) is 28.4. The maximum absolute atomic E-state index is 14.0. The SMILES string of the molecule is O=C(OC(=O)Oc1cn(CCF)c2cc(F)c(F)cc2c1=O)Oc1cn(CCO)c2cc(Cl)c(F)cc2c1=O. The van der Waals surface area contributed by atoms with Gasteiger partial charge in [-0.25, -0.2) is 27.2 Å². The third kappa shape index (κ3) is 5.56. The molecule has 204 valence electrons. The lowest BCUT2D eigenvalue weighted by Crippen LogP contribution is -2.25. The van der Waals surface area contributed by atoms with Crippen molar-refractivity contribution in [3.63, 3.8) is 0 Å². The third-order valence-corrected chi connectivity index (χ3v) is 5.69. The van der Waals surface area contributed by atoms with Crippen molar-refractivity contribution >= 4 is 45.7 Å². The highest BCUT2D eigenvalue weighted by Gasteiger charge is 2.22.